The van der Waals surface area contributed by atoms with E-state index in [0.717, 1.165) is 30.9 Å². The van der Waals surface area contributed by atoms with E-state index in [-0.39, 0.29) is 5.56 Å². The van der Waals surface area contributed by atoms with Crippen LogP contribution in [0.3, 0.4) is 0 Å². The number of fused-ring (bicyclic) bond motifs is 2. The van der Waals surface area contributed by atoms with Crippen molar-refractivity contribution in [3.63, 3.8) is 0 Å². The van der Waals surface area contributed by atoms with Crippen molar-refractivity contribution in [2.24, 2.45) is 0 Å². The highest BCUT2D eigenvalue weighted by Gasteiger charge is 2.34. The van der Waals surface area contributed by atoms with E-state index < -0.39 is 0 Å². The fourth-order valence-electron chi connectivity index (χ4n) is 3.77. The molecular weight excluding hydrogens is 278 g/mol. The molecule has 1 saturated carbocycles. The van der Waals surface area contributed by atoms with Gasteiger partial charge in [-0.05, 0) is 25.0 Å². The number of rotatable bonds is 2. The summed E-state index contributed by atoms with van der Waals surface area (Å²) in [6.07, 6.45) is 5.23. The van der Waals surface area contributed by atoms with Gasteiger partial charge in [-0.3, -0.25) is 9.69 Å². The van der Waals surface area contributed by atoms with Gasteiger partial charge in [0.25, 0.3) is 5.56 Å². The van der Waals surface area contributed by atoms with E-state index in [1.807, 2.05) is 24.3 Å². The fourth-order valence-corrected chi connectivity index (χ4v) is 3.77. The standard InChI is InChI=1S/C17H21N3O2/c21-17-12-5-1-2-6-13(12)18-16(19-17)11-20-9-10-22-15-8-4-3-7-14(15)20/h1-2,5-6,14-15H,3-4,7-11H2,(H,18,19,21)/t14-,15+/m1/s1. The molecule has 5 heteroatoms. The van der Waals surface area contributed by atoms with Gasteiger partial charge in [0.05, 0.1) is 30.2 Å². The first-order chi connectivity index (χ1) is 10.8. The molecule has 1 N–H and O–H groups in total. The molecule has 2 aliphatic rings. The van der Waals surface area contributed by atoms with Crippen molar-refractivity contribution in [1.82, 2.24) is 14.9 Å². The molecule has 2 atom stereocenters. The lowest BCUT2D eigenvalue weighted by molar-refractivity contribution is -0.0917. The van der Waals surface area contributed by atoms with E-state index in [4.69, 9.17) is 4.74 Å². The van der Waals surface area contributed by atoms with Crippen LogP contribution in [0.4, 0.5) is 0 Å². The van der Waals surface area contributed by atoms with Gasteiger partial charge in [0.1, 0.15) is 5.82 Å². The van der Waals surface area contributed by atoms with Gasteiger partial charge in [0, 0.05) is 12.6 Å². The summed E-state index contributed by atoms with van der Waals surface area (Å²) in [5, 5.41) is 0.656. The number of H-pyrrole nitrogens is 1. The number of ether oxygens (including phenoxy) is 1. The minimum absolute atomic E-state index is 0.0472. The van der Waals surface area contributed by atoms with Crippen LogP contribution < -0.4 is 5.56 Å². The summed E-state index contributed by atoms with van der Waals surface area (Å²) >= 11 is 0. The molecule has 0 spiro atoms. The summed E-state index contributed by atoms with van der Waals surface area (Å²) < 4.78 is 5.91. The number of nitrogens with zero attached hydrogens (tertiary/aromatic N) is 2. The molecule has 1 saturated heterocycles. The maximum absolute atomic E-state index is 12.2. The Morgan fingerprint density at radius 2 is 2.14 bits per heavy atom. The Morgan fingerprint density at radius 1 is 1.27 bits per heavy atom. The molecule has 2 aromatic rings. The van der Waals surface area contributed by atoms with Crippen LogP contribution in [0.5, 0.6) is 0 Å². The largest absolute Gasteiger partial charge is 0.375 e. The predicted octanol–water partition coefficient (Wildman–Crippen LogP) is 2.07. The third kappa shape index (κ3) is 2.55. The van der Waals surface area contributed by atoms with Crippen molar-refractivity contribution >= 4 is 10.9 Å². The van der Waals surface area contributed by atoms with E-state index in [1.165, 1.54) is 19.3 Å². The molecular formula is C17H21N3O2. The second-order valence-corrected chi connectivity index (χ2v) is 6.26. The van der Waals surface area contributed by atoms with E-state index in [2.05, 4.69) is 14.9 Å². The fraction of sp³-hybridized carbons (Fsp3) is 0.529. The highest BCUT2D eigenvalue weighted by Crippen LogP contribution is 2.29. The predicted molar refractivity (Wildman–Crippen MR) is 84.8 cm³/mol. The molecule has 0 radical (unpaired) electrons. The highest BCUT2D eigenvalue weighted by atomic mass is 16.5. The van der Waals surface area contributed by atoms with Gasteiger partial charge in [-0.2, -0.15) is 0 Å². The Kier molecular flexibility index (Phi) is 3.68. The number of aromatic nitrogens is 2. The number of nitrogens with one attached hydrogen (secondary N) is 1. The van der Waals surface area contributed by atoms with Gasteiger partial charge < -0.3 is 9.72 Å². The Bertz CT molecular complexity index is 725. The summed E-state index contributed by atoms with van der Waals surface area (Å²) in [7, 11) is 0. The van der Waals surface area contributed by atoms with Gasteiger partial charge in [-0.25, -0.2) is 4.98 Å². The quantitative estimate of drug-likeness (QED) is 0.922. The van der Waals surface area contributed by atoms with Crippen LogP contribution in [-0.4, -0.2) is 40.2 Å². The summed E-state index contributed by atoms with van der Waals surface area (Å²) in [4.78, 5) is 22.2. The van der Waals surface area contributed by atoms with Crippen molar-refractivity contribution in [3.05, 3.63) is 40.4 Å². The first-order valence-corrected chi connectivity index (χ1v) is 8.15. The van der Waals surface area contributed by atoms with E-state index >= 15 is 0 Å². The Balaban J connectivity index is 1.61. The van der Waals surface area contributed by atoms with Crippen LogP contribution in [0.25, 0.3) is 10.9 Å². The molecule has 1 aromatic carbocycles. The average molecular weight is 299 g/mol. The summed E-state index contributed by atoms with van der Waals surface area (Å²) in [6, 6.07) is 7.98. The van der Waals surface area contributed by atoms with Crippen molar-refractivity contribution in [2.75, 3.05) is 13.2 Å². The number of benzene rings is 1. The Labute approximate surface area is 129 Å². The molecule has 0 amide bonds. The third-order valence-corrected chi connectivity index (χ3v) is 4.86. The molecule has 4 rings (SSSR count). The molecule has 1 aromatic heterocycles. The van der Waals surface area contributed by atoms with Crippen LogP contribution in [-0.2, 0) is 11.3 Å². The van der Waals surface area contributed by atoms with Crippen LogP contribution in [0.2, 0.25) is 0 Å². The molecule has 0 unspecified atom stereocenters. The number of hydrogen-bond acceptors (Lipinski definition) is 4. The van der Waals surface area contributed by atoms with Gasteiger partial charge >= 0.3 is 0 Å². The molecule has 2 fully saturated rings. The van der Waals surface area contributed by atoms with Crippen LogP contribution in [0, 0.1) is 0 Å². The highest BCUT2D eigenvalue weighted by molar-refractivity contribution is 5.77. The number of aromatic amines is 1. The SMILES string of the molecule is O=c1[nH]c(CN2CCO[C@H]3CCCC[C@H]32)nc2ccccc12. The monoisotopic (exact) mass is 299 g/mol. The maximum atomic E-state index is 12.2. The Morgan fingerprint density at radius 3 is 3.09 bits per heavy atom. The smallest absolute Gasteiger partial charge is 0.258 e. The molecule has 116 valence electrons. The molecule has 2 heterocycles. The van der Waals surface area contributed by atoms with Crippen molar-refractivity contribution in [3.8, 4) is 0 Å². The van der Waals surface area contributed by atoms with Gasteiger partial charge in [0.15, 0.2) is 0 Å². The molecule has 5 nitrogen and oxygen atoms in total. The summed E-state index contributed by atoms with van der Waals surface area (Å²) in [5.74, 6) is 0.759. The minimum Gasteiger partial charge on any atom is -0.375 e. The van der Waals surface area contributed by atoms with E-state index in [1.54, 1.807) is 0 Å². The zero-order chi connectivity index (χ0) is 14.9. The second-order valence-electron chi connectivity index (χ2n) is 6.26. The Hall–Kier alpha value is -1.72. The lowest BCUT2D eigenvalue weighted by atomic mass is 9.90. The van der Waals surface area contributed by atoms with Crippen molar-refractivity contribution < 1.29 is 4.74 Å². The molecule has 1 aliphatic carbocycles. The first-order valence-electron chi connectivity index (χ1n) is 8.15. The number of hydrogen-bond donors (Lipinski definition) is 1. The van der Waals surface area contributed by atoms with Crippen molar-refractivity contribution in [1.29, 1.82) is 0 Å². The zero-order valence-electron chi connectivity index (χ0n) is 12.6. The van der Waals surface area contributed by atoms with E-state index in [0.29, 0.717) is 24.1 Å². The number of morpholine rings is 1. The lowest BCUT2D eigenvalue weighted by Crippen LogP contribution is -2.52. The topological polar surface area (TPSA) is 58.2 Å². The van der Waals surface area contributed by atoms with Crippen LogP contribution in [0.15, 0.2) is 29.1 Å². The summed E-state index contributed by atoms with van der Waals surface area (Å²) in [5.41, 5.74) is 0.726. The second kappa shape index (κ2) is 5.82. The molecule has 0 bridgehead atoms. The zero-order valence-corrected chi connectivity index (χ0v) is 12.6. The normalized spacial score (nSPS) is 26.0. The minimum atomic E-state index is -0.0472. The summed E-state index contributed by atoms with van der Waals surface area (Å²) in [6.45, 7) is 2.39. The molecule has 1 aliphatic heterocycles. The lowest BCUT2D eigenvalue weighted by Gasteiger charge is -2.43. The number of para-hydroxylation sites is 1. The van der Waals surface area contributed by atoms with Gasteiger partial charge in [0.2, 0.25) is 0 Å². The van der Waals surface area contributed by atoms with Crippen molar-refractivity contribution in [2.45, 2.75) is 44.4 Å². The van der Waals surface area contributed by atoms with Crippen LogP contribution in [0.1, 0.15) is 31.5 Å². The van der Waals surface area contributed by atoms with Crippen LogP contribution >= 0.6 is 0 Å². The molecule has 22 heavy (non-hydrogen) atoms. The van der Waals surface area contributed by atoms with Gasteiger partial charge in [-0.15, -0.1) is 0 Å². The third-order valence-electron chi connectivity index (χ3n) is 4.86. The maximum Gasteiger partial charge on any atom is 0.258 e. The first kappa shape index (κ1) is 13.9. The van der Waals surface area contributed by atoms with Gasteiger partial charge in [-0.1, -0.05) is 25.0 Å². The van der Waals surface area contributed by atoms with E-state index in [9.17, 15) is 4.79 Å². The average Bonchev–Trinajstić information content (AvgIpc) is 2.55.